The van der Waals surface area contributed by atoms with E-state index in [4.69, 9.17) is 0 Å². The quantitative estimate of drug-likeness (QED) is 0.582. The summed E-state index contributed by atoms with van der Waals surface area (Å²) in [7, 11) is 0. The van der Waals surface area contributed by atoms with Crippen molar-refractivity contribution < 1.29 is 14.6 Å². The van der Waals surface area contributed by atoms with E-state index in [9.17, 15) is 9.90 Å². The molecule has 0 saturated heterocycles. The lowest BCUT2D eigenvalue weighted by Crippen LogP contribution is -2.19. The maximum atomic E-state index is 10.6. The van der Waals surface area contributed by atoms with Crippen molar-refractivity contribution >= 4 is 5.97 Å². The van der Waals surface area contributed by atoms with Crippen LogP contribution >= 0.6 is 0 Å². The number of hydrogen-bond acceptors (Lipinski definition) is 2. The van der Waals surface area contributed by atoms with Gasteiger partial charge in [0.25, 0.3) is 0 Å². The normalized spacial score (nSPS) is 13.2. The second kappa shape index (κ2) is 5.13. The van der Waals surface area contributed by atoms with Crippen LogP contribution in [0, 0.1) is 5.92 Å². The molecule has 0 bridgehead atoms. The monoisotopic (exact) mass is 159 g/mol. The van der Waals surface area contributed by atoms with Crippen molar-refractivity contribution in [1.82, 2.24) is 0 Å². The molecule has 0 aromatic rings. The van der Waals surface area contributed by atoms with Gasteiger partial charge in [-0.25, -0.2) is 9.90 Å². The van der Waals surface area contributed by atoms with Crippen LogP contribution in [0.3, 0.4) is 0 Å². The average molecular weight is 159 g/mol. The van der Waals surface area contributed by atoms with Gasteiger partial charge in [-0.2, -0.15) is 0 Å². The molecule has 0 aromatic heterocycles. The first kappa shape index (κ1) is 10.4. The van der Waals surface area contributed by atoms with Gasteiger partial charge >= 0.3 is 5.97 Å². The first-order chi connectivity index (χ1) is 5.04. The van der Waals surface area contributed by atoms with Gasteiger partial charge in [-0.15, -0.1) is 0 Å². The van der Waals surface area contributed by atoms with E-state index in [1.54, 1.807) is 0 Å². The number of carbonyl (C=O) groups excluding carboxylic acids is 1. The lowest BCUT2D eigenvalue weighted by molar-refractivity contribution is -0.156. The lowest BCUT2D eigenvalue weighted by Gasteiger charge is -2.06. The Kier molecular flexibility index (Phi) is 4.86. The summed E-state index contributed by atoms with van der Waals surface area (Å²) < 4.78 is 4.66. The molecule has 0 spiro atoms. The van der Waals surface area contributed by atoms with Crippen LogP contribution in [-0.2, 0) is 14.6 Å². The third kappa shape index (κ3) is 5.85. The standard InChI is InChI=1S/C8H15O3/c1-6(2)4-5-11-8(10)7(3)9/h6-7H,4-5H2,1-3H3. The Bertz CT molecular complexity index is 119. The Balaban J connectivity index is 3.32. The van der Waals surface area contributed by atoms with Crippen molar-refractivity contribution in [2.24, 2.45) is 5.92 Å². The van der Waals surface area contributed by atoms with E-state index in [0.717, 1.165) is 6.42 Å². The summed E-state index contributed by atoms with van der Waals surface area (Å²) in [5.74, 6) is -0.143. The third-order valence-corrected chi connectivity index (χ3v) is 1.27. The highest BCUT2D eigenvalue weighted by Gasteiger charge is 2.11. The molecule has 0 fully saturated rings. The fraction of sp³-hybridized carbons (Fsp3) is 0.875. The Morgan fingerprint density at radius 1 is 1.36 bits per heavy atom. The topological polar surface area (TPSA) is 46.2 Å². The summed E-state index contributed by atoms with van der Waals surface area (Å²) >= 11 is 0. The SMILES string of the molecule is CC(C)CCOC(=O)C(C)[O]. The largest absolute Gasteiger partial charge is 0.464 e. The summed E-state index contributed by atoms with van der Waals surface area (Å²) in [6.45, 7) is 5.73. The molecule has 0 saturated carbocycles. The van der Waals surface area contributed by atoms with Gasteiger partial charge in [0.1, 0.15) is 0 Å². The number of ether oxygens (including phenoxy) is 1. The van der Waals surface area contributed by atoms with Gasteiger partial charge in [-0.3, -0.25) is 0 Å². The first-order valence-electron chi connectivity index (χ1n) is 3.86. The van der Waals surface area contributed by atoms with Crippen LogP contribution in [0.15, 0.2) is 0 Å². The van der Waals surface area contributed by atoms with Crippen molar-refractivity contribution in [3.63, 3.8) is 0 Å². The molecular weight excluding hydrogens is 144 g/mol. The predicted molar refractivity (Wildman–Crippen MR) is 40.6 cm³/mol. The molecule has 3 nitrogen and oxygen atoms in total. The fourth-order valence-electron chi connectivity index (χ4n) is 0.513. The van der Waals surface area contributed by atoms with Crippen LogP contribution in [-0.4, -0.2) is 18.7 Å². The second-order valence-corrected chi connectivity index (χ2v) is 2.99. The molecular formula is C8H15O3. The average Bonchev–Trinajstić information content (AvgIpc) is 1.86. The van der Waals surface area contributed by atoms with E-state index < -0.39 is 12.1 Å². The molecule has 0 heterocycles. The lowest BCUT2D eigenvalue weighted by atomic mass is 10.1. The zero-order valence-electron chi connectivity index (χ0n) is 7.29. The smallest absolute Gasteiger partial charge is 0.338 e. The molecule has 3 heteroatoms. The predicted octanol–water partition coefficient (Wildman–Crippen LogP) is 1.39. The van der Waals surface area contributed by atoms with E-state index in [2.05, 4.69) is 4.74 Å². The summed E-state index contributed by atoms with van der Waals surface area (Å²) in [4.78, 5) is 10.6. The van der Waals surface area contributed by atoms with Crippen molar-refractivity contribution in [3.05, 3.63) is 0 Å². The van der Waals surface area contributed by atoms with Gasteiger partial charge in [-0.05, 0) is 19.3 Å². The minimum absolute atomic E-state index is 0.364. The molecule has 0 rings (SSSR count). The van der Waals surface area contributed by atoms with Crippen molar-refractivity contribution in [2.75, 3.05) is 6.61 Å². The summed E-state index contributed by atoms with van der Waals surface area (Å²) in [5.41, 5.74) is 0. The van der Waals surface area contributed by atoms with Crippen LogP contribution < -0.4 is 0 Å². The maximum absolute atomic E-state index is 10.6. The molecule has 0 aliphatic carbocycles. The van der Waals surface area contributed by atoms with Crippen molar-refractivity contribution in [1.29, 1.82) is 0 Å². The zero-order chi connectivity index (χ0) is 8.85. The van der Waals surface area contributed by atoms with Gasteiger partial charge in [-0.1, -0.05) is 13.8 Å². The molecule has 1 atom stereocenters. The Morgan fingerprint density at radius 3 is 2.27 bits per heavy atom. The number of esters is 1. The number of carbonyl (C=O) groups is 1. The van der Waals surface area contributed by atoms with E-state index in [1.807, 2.05) is 13.8 Å². The van der Waals surface area contributed by atoms with Crippen molar-refractivity contribution in [3.8, 4) is 0 Å². The van der Waals surface area contributed by atoms with Crippen LogP contribution in [0.1, 0.15) is 27.2 Å². The highest BCUT2D eigenvalue weighted by Crippen LogP contribution is 1.99. The van der Waals surface area contributed by atoms with Gasteiger partial charge in [0.05, 0.1) is 6.61 Å². The van der Waals surface area contributed by atoms with E-state index >= 15 is 0 Å². The van der Waals surface area contributed by atoms with Crippen LogP contribution in [0.2, 0.25) is 0 Å². The van der Waals surface area contributed by atoms with Gasteiger partial charge in [0.2, 0.25) is 0 Å². The number of hydrogen-bond donors (Lipinski definition) is 0. The molecule has 0 amide bonds. The van der Waals surface area contributed by atoms with Gasteiger partial charge < -0.3 is 4.74 Å². The molecule has 1 radical (unpaired) electrons. The minimum Gasteiger partial charge on any atom is -0.464 e. The second-order valence-electron chi connectivity index (χ2n) is 2.99. The highest BCUT2D eigenvalue weighted by molar-refractivity contribution is 5.73. The molecule has 11 heavy (non-hydrogen) atoms. The molecule has 0 N–H and O–H groups in total. The minimum atomic E-state index is -1.25. The fourth-order valence-corrected chi connectivity index (χ4v) is 0.513. The van der Waals surface area contributed by atoms with Gasteiger partial charge in [0, 0.05) is 0 Å². The van der Waals surface area contributed by atoms with E-state index in [-0.39, 0.29) is 0 Å². The third-order valence-electron chi connectivity index (χ3n) is 1.27. The van der Waals surface area contributed by atoms with Crippen LogP contribution in [0.5, 0.6) is 0 Å². The van der Waals surface area contributed by atoms with Crippen molar-refractivity contribution in [2.45, 2.75) is 33.3 Å². The maximum Gasteiger partial charge on any atom is 0.338 e. The Hall–Kier alpha value is -0.570. The molecule has 0 aliphatic heterocycles. The Labute approximate surface area is 67.4 Å². The van der Waals surface area contributed by atoms with Crippen LogP contribution in [0.4, 0.5) is 0 Å². The van der Waals surface area contributed by atoms with Crippen LogP contribution in [0.25, 0.3) is 0 Å². The zero-order valence-corrected chi connectivity index (χ0v) is 7.29. The van der Waals surface area contributed by atoms with Gasteiger partial charge in [0.15, 0.2) is 6.10 Å². The molecule has 1 unspecified atom stereocenters. The molecule has 65 valence electrons. The first-order valence-corrected chi connectivity index (χ1v) is 3.86. The highest BCUT2D eigenvalue weighted by atomic mass is 16.5. The summed E-state index contributed by atoms with van der Waals surface area (Å²) in [5, 5.41) is 10.4. The summed E-state index contributed by atoms with van der Waals surface area (Å²) in [6.07, 6.45) is -0.430. The Morgan fingerprint density at radius 2 is 1.91 bits per heavy atom. The van der Waals surface area contributed by atoms with E-state index in [1.165, 1.54) is 6.92 Å². The molecule has 0 aliphatic rings. The number of rotatable bonds is 4. The molecule has 0 aromatic carbocycles. The summed E-state index contributed by atoms with van der Waals surface area (Å²) in [6, 6.07) is 0. The van der Waals surface area contributed by atoms with E-state index in [0.29, 0.717) is 12.5 Å².